The number of ether oxygens (including phenoxy) is 3. The second-order valence-corrected chi connectivity index (χ2v) is 15.2. The molecule has 1 aliphatic carbocycles. The quantitative estimate of drug-likeness (QED) is 0.132. The Morgan fingerprint density at radius 1 is 1.02 bits per heavy atom. The molecule has 1 fully saturated rings. The van der Waals surface area contributed by atoms with Crippen molar-refractivity contribution in [3.8, 4) is 5.75 Å². The van der Waals surface area contributed by atoms with Crippen molar-refractivity contribution in [1.29, 1.82) is 0 Å². The summed E-state index contributed by atoms with van der Waals surface area (Å²) in [4.78, 5) is 35.4. The number of fused-ring (bicyclic) bond motifs is 1. The zero-order valence-electron chi connectivity index (χ0n) is 26.5. The second-order valence-electron chi connectivity index (χ2n) is 13.3. The van der Waals surface area contributed by atoms with Crippen molar-refractivity contribution in [2.45, 2.75) is 95.4 Å². The SMILES string of the molecule is CC(C)(C)OC(=O)N1Cc2cc(Nc3cc([C@H]4CC[C@@H](OC(=O)Oc5ccc([N+](=O)[O-])cc5)C4)nn3C(C)(C)C)ccc2S1(=O)=O. The van der Waals surface area contributed by atoms with Gasteiger partial charge < -0.3 is 19.5 Å². The number of benzene rings is 2. The summed E-state index contributed by atoms with van der Waals surface area (Å²) in [5.41, 5.74) is 0.537. The third-order valence-electron chi connectivity index (χ3n) is 7.49. The number of nitro benzene ring substituents is 1. The number of carbonyl (C=O) groups is 2. The molecule has 1 saturated carbocycles. The van der Waals surface area contributed by atoms with Crippen LogP contribution in [0, 0.1) is 10.1 Å². The van der Waals surface area contributed by atoms with Crippen LogP contribution in [0.15, 0.2) is 53.4 Å². The number of anilines is 2. The molecule has 15 heteroatoms. The molecular formula is C31H37N5O9S. The predicted octanol–water partition coefficient (Wildman–Crippen LogP) is 6.58. The van der Waals surface area contributed by atoms with E-state index in [4.69, 9.17) is 19.3 Å². The van der Waals surface area contributed by atoms with Gasteiger partial charge in [-0.05, 0) is 96.7 Å². The van der Waals surface area contributed by atoms with Crippen LogP contribution in [0.4, 0.5) is 26.8 Å². The molecule has 0 unspecified atom stereocenters. The summed E-state index contributed by atoms with van der Waals surface area (Å²) in [6.07, 6.45) is -0.324. The average molecular weight is 656 g/mol. The molecule has 1 aliphatic heterocycles. The molecule has 0 saturated heterocycles. The van der Waals surface area contributed by atoms with Gasteiger partial charge in [-0.1, -0.05) is 0 Å². The molecule has 3 aromatic rings. The zero-order valence-corrected chi connectivity index (χ0v) is 27.3. The van der Waals surface area contributed by atoms with E-state index in [1.54, 1.807) is 32.9 Å². The normalized spacial score (nSPS) is 19.0. The van der Waals surface area contributed by atoms with Gasteiger partial charge in [-0.3, -0.25) is 10.1 Å². The molecule has 14 nitrogen and oxygen atoms in total. The summed E-state index contributed by atoms with van der Waals surface area (Å²) >= 11 is 0. The molecule has 246 valence electrons. The van der Waals surface area contributed by atoms with Crippen molar-refractivity contribution in [3.05, 3.63) is 69.9 Å². The lowest BCUT2D eigenvalue weighted by Crippen LogP contribution is -2.36. The van der Waals surface area contributed by atoms with Gasteiger partial charge in [0.15, 0.2) is 0 Å². The number of amides is 1. The Bertz CT molecular complexity index is 1770. The van der Waals surface area contributed by atoms with E-state index in [2.05, 4.69) is 5.32 Å². The van der Waals surface area contributed by atoms with Crippen molar-refractivity contribution < 1.29 is 37.1 Å². The highest BCUT2D eigenvalue weighted by molar-refractivity contribution is 7.90. The van der Waals surface area contributed by atoms with Crippen molar-refractivity contribution in [3.63, 3.8) is 0 Å². The lowest BCUT2D eigenvalue weighted by atomic mass is 10.0. The van der Waals surface area contributed by atoms with E-state index >= 15 is 0 Å². The second kappa shape index (κ2) is 11.9. The first-order chi connectivity index (χ1) is 21.4. The van der Waals surface area contributed by atoms with Crippen molar-refractivity contribution in [2.24, 2.45) is 0 Å². The standard InChI is InChI=1S/C31H37N5O9S/c1-30(2,3)35-27(32-21-8-14-26-20(15-21)18-34(46(26,41)42)28(37)45-31(4,5)6)17-25(33-35)19-7-11-24(16-19)44-29(38)43-23-12-9-22(10-13-23)36(39)40/h8-10,12-15,17,19,24,32H,7,11,16,18H2,1-6H3/t19-,24+/m0/s1. The van der Waals surface area contributed by atoms with Gasteiger partial charge in [0.25, 0.3) is 15.7 Å². The maximum atomic E-state index is 13.1. The molecule has 5 rings (SSSR count). The molecule has 2 atom stereocenters. The van der Waals surface area contributed by atoms with Gasteiger partial charge in [-0.25, -0.2) is 22.7 Å². The first-order valence-corrected chi connectivity index (χ1v) is 16.2. The molecule has 0 radical (unpaired) electrons. The van der Waals surface area contributed by atoms with Crippen molar-refractivity contribution >= 4 is 39.5 Å². The molecule has 2 aromatic carbocycles. The molecule has 2 heterocycles. The summed E-state index contributed by atoms with van der Waals surface area (Å²) in [5.74, 6) is 0.842. The first kappa shape index (κ1) is 32.7. The Kier molecular flexibility index (Phi) is 8.49. The van der Waals surface area contributed by atoms with E-state index in [1.165, 1.54) is 30.3 Å². The van der Waals surface area contributed by atoms with Crippen LogP contribution in [-0.4, -0.2) is 51.4 Å². The Balaban J connectivity index is 1.27. The molecule has 1 aromatic heterocycles. The topological polar surface area (TPSA) is 172 Å². The number of aromatic nitrogens is 2. The fourth-order valence-electron chi connectivity index (χ4n) is 5.42. The van der Waals surface area contributed by atoms with Gasteiger partial charge in [0.05, 0.1) is 27.6 Å². The van der Waals surface area contributed by atoms with Crippen LogP contribution >= 0.6 is 0 Å². The molecule has 2 aliphatic rings. The largest absolute Gasteiger partial charge is 0.514 e. The third kappa shape index (κ3) is 7.09. The van der Waals surface area contributed by atoms with E-state index in [1.807, 2.05) is 31.5 Å². The van der Waals surface area contributed by atoms with Crippen molar-refractivity contribution in [2.75, 3.05) is 5.32 Å². The number of carbonyl (C=O) groups excluding carboxylic acids is 2. The van der Waals surface area contributed by atoms with Crippen LogP contribution in [0.2, 0.25) is 0 Å². The number of nitro groups is 1. The van der Waals surface area contributed by atoms with Gasteiger partial charge in [0.1, 0.15) is 23.3 Å². The molecule has 1 amide bonds. The molecule has 1 N–H and O–H groups in total. The smallest absolute Gasteiger partial charge is 0.443 e. The third-order valence-corrected chi connectivity index (χ3v) is 9.30. The van der Waals surface area contributed by atoms with Gasteiger partial charge in [-0.2, -0.15) is 9.40 Å². The fourth-order valence-corrected chi connectivity index (χ4v) is 6.90. The minimum Gasteiger partial charge on any atom is -0.443 e. The number of hydrogen-bond donors (Lipinski definition) is 1. The fraction of sp³-hybridized carbons (Fsp3) is 0.452. The number of hydrogen-bond acceptors (Lipinski definition) is 11. The number of nitrogens with one attached hydrogen (secondary N) is 1. The van der Waals surface area contributed by atoms with Crippen LogP contribution in [0.3, 0.4) is 0 Å². The van der Waals surface area contributed by atoms with E-state index in [0.29, 0.717) is 29.9 Å². The Hall–Kier alpha value is -4.66. The molecule has 46 heavy (non-hydrogen) atoms. The highest BCUT2D eigenvalue weighted by Gasteiger charge is 2.40. The van der Waals surface area contributed by atoms with E-state index in [9.17, 15) is 28.1 Å². The van der Waals surface area contributed by atoms with Crippen LogP contribution in [0.1, 0.15) is 78.0 Å². The summed E-state index contributed by atoms with van der Waals surface area (Å²) in [6.45, 7) is 10.9. The summed E-state index contributed by atoms with van der Waals surface area (Å²) < 4.78 is 44.8. The molecular weight excluding hydrogens is 618 g/mol. The Morgan fingerprint density at radius 2 is 1.72 bits per heavy atom. The van der Waals surface area contributed by atoms with Gasteiger partial charge in [-0.15, -0.1) is 0 Å². The van der Waals surface area contributed by atoms with E-state index < -0.39 is 44.4 Å². The van der Waals surface area contributed by atoms with Crippen LogP contribution < -0.4 is 10.1 Å². The minimum absolute atomic E-state index is 0.00822. The summed E-state index contributed by atoms with van der Waals surface area (Å²) in [5, 5.41) is 19.1. The highest BCUT2D eigenvalue weighted by atomic mass is 32.2. The number of rotatable bonds is 6. The predicted molar refractivity (Wildman–Crippen MR) is 166 cm³/mol. The van der Waals surface area contributed by atoms with E-state index in [-0.39, 0.29) is 28.8 Å². The number of nitrogens with zero attached hydrogens (tertiary/aromatic N) is 4. The van der Waals surface area contributed by atoms with Gasteiger partial charge >= 0.3 is 12.2 Å². The van der Waals surface area contributed by atoms with Crippen LogP contribution in [0.25, 0.3) is 0 Å². The van der Waals surface area contributed by atoms with E-state index in [0.717, 1.165) is 16.4 Å². The lowest BCUT2D eigenvalue weighted by Gasteiger charge is -2.23. The Labute approximate surface area is 266 Å². The average Bonchev–Trinajstić information content (AvgIpc) is 3.64. The highest BCUT2D eigenvalue weighted by Crippen LogP contribution is 2.39. The van der Waals surface area contributed by atoms with Crippen LogP contribution in [0.5, 0.6) is 5.75 Å². The number of non-ortho nitro benzene ring substituents is 1. The summed E-state index contributed by atoms with van der Waals surface area (Å²) in [6, 6.07) is 11.9. The monoisotopic (exact) mass is 655 g/mol. The molecule has 0 bridgehead atoms. The summed E-state index contributed by atoms with van der Waals surface area (Å²) in [7, 11) is -4.04. The minimum atomic E-state index is -4.04. The van der Waals surface area contributed by atoms with Gasteiger partial charge in [0, 0.05) is 29.8 Å². The van der Waals surface area contributed by atoms with Crippen molar-refractivity contribution in [1.82, 2.24) is 14.1 Å². The maximum Gasteiger partial charge on any atom is 0.514 e. The molecule has 0 spiro atoms. The maximum absolute atomic E-state index is 13.1. The Morgan fingerprint density at radius 3 is 2.35 bits per heavy atom. The zero-order chi connectivity index (χ0) is 33.6. The first-order valence-electron chi connectivity index (χ1n) is 14.8. The van der Waals surface area contributed by atoms with Crippen LogP contribution in [-0.2, 0) is 31.6 Å². The lowest BCUT2D eigenvalue weighted by molar-refractivity contribution is -0.384. The van der Waals surface area contributed by atoms with Gasteiger partial charge in [0.2, 0.25) is 0 Å². The number of sulfonamides is 1.